The number of halogens is 3. The van der Waals surface area contributed by atoms with E-state index in [9.17, 15) is 23.3 Å². The Balaban J connectivity index is 2.19. The van der Waals surface area contributed by atoms with E-state index in [2.05, 4.69) is 5.32 Å². The monoisotopic (exact) mass is 282 g/mol. The van der Waals surface area contributed by atoms with Crippen LogP contribution < -0.4 is 5.32 Å². The summed E-state index contributed by atoms with van der Waals surface area (Å²) < 4.78 is 38.8. The van der Waals surface area contributed by atoms with Crippen molar-refractivity contribution in [3.63, 3.8) is 0 Å². The van der Waals surface area contributed by atoms with Crippen LogP contribution >= 0.6 is 0 Å². The van der Waals surface area contributed by atoms with Gasteiger partial charge >= 0.3 is 0 Å². The van der Waals surface area contributed by atoms with Crippen molar-refractivity contribution in [2.75, 3.05) is 5.32 Å². The molecule has 0 aliphatic heterocycles. The predicted molar refractivity (Wildman–Crippen MR) is 66.7 cm³/mol. The Morgan fingerprint density at radius 3 is 2.30 bits per heavy atom. The van der Waals surface area contributed by atoms with E-state index in [0.29, 0.717) is 0 Å². The number of nitro groups is 1. The first-order chi connectivity index (χ1) is 9.49. The molecule has 4 nitrogen and oxygen atoms in total. The summed E-state index contributed by atoms with van der Waals surface area (Å²) in [6.45, 7) is -0.0705. The molecule has 20 heavy (non-hydrogen) atoms. The molecule has 1 N–H and O–H groups in total. The summed E-state index contributed by atoms with van der Waals surface area (Å²) in [6.07, 6.45) is 0. The van der Waals surface area contributed by atoms with Crippen LogP contribution in [0.5, 0.6) is 0 Å². The van der Waals surface area contributed by atoms with Crippen molar-refractivity contribution in [2.45, 2.75) is 6.54 Å². The Labute approximate surface area is 112 Å². The second kappa shape index (κ2) is 5.60. The van der Waals surface area contributed by atoms with Crippen LogP contribution in [0.15, 0.2) is 36.4 Å². The molecule has 0 spiro atoms. The number of benzene rings is 2. The molecule has 0 aromatic heterocycles. The largest absolute Gasteiger partial charge is 0.375 e. The Hall–Kier alpha value is -2.57. The molecule has 0 amide bonds. The first-order valence-electron chi connectivity index (χ1n) is 5.59. The van der Waals surface area contributed by atoms with E-state index in [1.54, 1.807) is 6.07 Å². The molecule has 0 atom stereocenters. The molecule has 104 valence electrons. The third-order valence-corrected chi connectivity index (χ3v) is 2.63. The van der Waals surface area contributed by atoms with Crippen molar-refractivity contribution in [3.8, 4) is 0 Å². The summed E-state index contributed by atoms with van der Waals surface area (Å²) >= 11 is 0. The van der Waals surface area contributed by atoms with E-state index in [4.69, 9.17) is 0 Å². The third kappa shape index (κ3) is 2.87. The number of hydrogen-bond donors (Lipinski definition) is 1. The highest BCUT2D eigenvalue weighted by Gasteiger charge is 2.13. The number of nitrogens with one attached hydrogen (secondary N) is 1. The first kappa shape index (κ1) is 13.9. The van der Waals surface area contributed by atoms with Crippen molar-refractivity contribution in [2.24, 2.45) is 0 Å². The zero-order valence-corrected chi connectivity index (χ0v) is 10.1. The molecule has 2 aromatic carbocycles. The van der Waals surface area contributed by atoms with Gasteiger partial charge in [-0.25, -0.2) is 13.2 Å². The number of para-hydroxylation sites is 2. The normalized spacial score (nSPS) is 10.3. The average molecular weight is 282 g/mol. The SMILES string of the molecule is O=[N+]([O-])c1ccccc1NCc1cc(F)c(F)c(F)c1. The predicted octanol–water partition coefficient (Wildman–Crippen LogP) is 3.62. The number of rotatable bonds is 4. The van der Waals surface area contributed by atoms with Crippen LogP contribution in [0.2, 0.25) is 0 Å². The average Bonchev–Trinajstić information content (AvgIpc) is 2.42. The van der Waals surface area contributed by atoms with Gasteiger partial charge in [0.25, 0.3) is 5.69 Å². The lowest BCUT2D eigenvalue weighted by atomic mass is 10.2. The zero-order chi connectivity index (χ0) is 14.7. The Kier molecular flexibility index (Phi) is 3.88. The summed E-state index contributed by atoms with van der Waals surface area (Å²) in [7, 11) is 0. The van der Waals surface area contributed by atoms with Crippen LogP contribution in [0.4, 0.5) is 24.5 Å². The Bertz CT molecular complexity index is 639. The van der Waals surface area contributed by atoms with Crippen LogP contribution in [-0.2, 0) is 6.54 Å². The molecule has 0 heterocycles. The minimum absolute atomic E-state index is 0.0705. The topological polar surface area (TPSA) is 55.2 Å². The summed E-state index contributed by atoms with van der Waals surface area (Å²) in [5.41, 5.74) is 0.192. The maximum atomic E-state index is 13.0. The van der Waals surface area contributed by atoms with Crippen LogP contribution in [0.3, 0.4) is 0 Å². The maximum Gasteiger partial charge on any atom is 0.292 e. The van der Waals surface area contributed by atoms with Gasteiger partial charge in [0.2, 0.25) is 0 Å². The molecular formula is C13H9F3N2O2. The van der Waals surface area contributed by atoms with Gasteiger partial charge in [-0.15, -0.1) is 0 Å². The van der Waals surface area contributed by atoms with Crippen LogP contribution in [0, 0.1) is 27.6 Å². The van der Waals surface area contributed by atoms with Crippen molar-refractivity contribution >= 4 is 11.4 Å². The van der Waals surface area contributed by atoms with Crippen molar-refractivity contribution in [3.05, 3.63) is 69.5 Å². The van der Waals surface area contributed by atoms with Crippen LogP contribution in [0.1, 0.15) is 5.56 Å². The molecule has 0 fully saturated rings. The lowest BCUT2D eigenvalue weighted by molar-refractivity contribution is -0.384. The van der Waals surface area contributed by atoms with E-state index >= 15 is 0 Å². The zero-order valence-electron chi connectivity index (χ0n) is 10.1. The van der Waals surface area contributed by atoms with Crippen LogP contribution in [0.25, 0.3) is 0 Å². The smallest absolute Gasteiger partial charge is 0.292 e. The summed E-state index contributed by atoms with van der Waals surface area (Å²) in [5.74, 6) is -4.15. The van der Waals surface area contributed by atoms with E-state index in [0.717, 1.165) is 12.1 Å². The molecule has 0 aliphatic rings. The highest BCUT2D eigenvalue weighted by atomic mass is 19.2. The molecule has 0 bridgehead atoms. The first-order valence-corrected chi connectivity index (χ1v) is 5.59. The van der Waals surface area contributed by atoms with Gasteiger partial charge in [-0.3, -0.25) is 10.1 Å². The second-order valence-electron chi connectivity index (χ2n) is 4.00. The number of nitro benzene ring substituents is 1. The molecule has 2 aromatic rings. The van der Waals surface area contributed by atoms with Gasteiger partial charge in [0.1, 0.15) is 5.69 Å². The molecular weight excluding hydrogens is 273 g/mol. The Morgan fingerprint density at radius 2 is 1.70 bits per heavy atom. The van der Waals surface area contributed by atoms with Gasteiger partial charge in [-0.2, -0.15) is 0 Å². The standard InChI is InChI=1S/C13H9F3N2O2/c14-9-5-8(6-10(15)13(9)16)7-17-11-3-1-2-4-12(11)18(19)20/h1-6,17H,7H2. The number of nitrogens with zero attached hydrogens (tertiary/aromatic N) is 1. The van der Waals surface area contributed by atoms with Crippen molar-refractivity contribution in [1.82, 2.24) is 0 Å². The number of hydrogen-bond acceptors (Lipinski definition) is 3. The highest BCUT2D eigenvalue weighted by Crippen LogP contribution is 2.24. The van der Waals surface area contributed by atoms with E-state index in [-0.39, 0.29) is 23.5 Å². The molecule has 0 radical (unpaired) electrons. The lowest BCUT2D eigenvalue weighted by Gasteiger charge is -2.07. The third-order valence-electron chi connectivity index (χ3n) is 2.63. The lowest BCUT2D eigenvalue weighted by Crippen LogP contribution is -2.04. The minimum Gasteiger partial charge on any atom is -0.375 e. The van der Waals surface area contributed by atoms with Crippen molar-refractivity contribution in [1.29, 1.82) is 0 Å². The molecule has 7 heteroatoms. The maximum absolute atomic E-state index is 13.0. The van der Waals surface area contributed by atoms with Gasteiger partial charge in [0.15, 0.2) is 17.5 Å². The summed E-state index contributed by atoms with van der Waals surface area (Å²) in [6, 6.07) is 7.52. The molecule has 2 rings (SSSR count). The molecule has 0 unspecified atom stereocenters. The van der Waals surface area contributed by atoms with Gasteiger partial charge in [0.05, 0.1) is 4.92 Å². The fourth-order valence-electron chi connectivity index (χ4n) is 1.69. The molecule has 0 saturated heterocycles. The van der Waals surface area contributed by atoms with Gasteiger partial charge in [-0.05, 0) is 23.8 Å². The summed E-state index contributed by atoms with van der Waals surface area (Å²) in [4.78, 5) is 10.2. The van der Waals surface area contributed by atoms with Gasteiger partial charge < -0.3 is 5.32 Å². The molecule has 0 saturated carbocycles. The minimum atomic E-state index is -1.54. The number of anilines is 1. The van der Waals surface area contributed by atoms with E-state index in [1.165, 1.54) is 18.2 Å². The summed E-state index contributed by atoms with van der Waals surface area (Å²) in [5, 5.41) is 13.5. The van der Waals surface area contributed by atoms with E-state index < -0.39 is 22.4 Å². The van der Waals surface area contributed by atoms with Gasteiger partial charge in [0, 0.05) is 12.6 Å². The fraction of sp³-hybridized carbons (Fsp3) is 0.0769. The quantitative estimate of drug-likeness (QED) is 0.529. The Morgan fingerprint density at radius 1 is 1.10 bits per heavy atom. The molecule has 0 aliphatic carbocycles. The van der Waals surface area contributed by atoms with E-state index in [1.807, 2.05) is 0 Å². The van der Waals surface area contributed by atoms with Gasteiger partial charge in [-0.1, -0.05) is 12.1 Å². The fourth-order valence-corrected chi connectivity index (χ4v) is 1.69. The highest BCUT2D eigenvalue weighted by molar-refractivity contribution is 5.61. The second-order valence-corrected chi connectivity index (χ2v) is 4.00. The van der Waals surface area contributed by atoms with Crippen molar-refractivity contribution < 1.29 is 18.1 Å². The van der Waals surface area contributed by atoms with Crippen LogP contribution in [-0.4, -0.2) is 4.92 Å².